The Labute approximate surface area is 231 Å². The van der Waals surface area contributed by atoms with Crippen molar-refractivity contribution in [3.05, 3.63) is 46.2 Å². The molecule has 1 atom stereocenters. The molecule has 7 heteroatoms. The number of hydrogen-bond acceptors (Lipinski definition) is 4. The molecular weight excluding hydrogens is 498 g/mol. The maximum absolute atomic E-state index is 14.2. The van der Waals surface area contributed by atoms with Gasteiger partial charge in [-0.05, 0) is 113 Å². The predicted molar refractivity (Wildman–Crippen MR) is 150 cm³/mol. The van der Waals surface area contributed by atoms with E-state index in [0.29, 0.717) is 29.9 Å². The molecule has 0 saturated heterocycles. The number of carbonyl (C=O) groups is 2. The van der Waals surface area contributed by atoms with Crippen molar-refractivity contribution >= 4 is 23.5 Å². The molecule has 1 N–H and O–H groups in total. The molecule has 3 aliphatic carbocycles. The van der Waals surface area contributed by atoms with Gasteiger partial charge in [0.2, 0.25) is 5.91 Å². The summed E-state index contributed by atoms with van der Waals surface area (Å²) in [6.07, 6.45) is 14.3. The number of carbonyl (C=O) groups excluding carboxylic acids is 2. The van der Waals surface area contributed by atoms with Crippen molar-refractivity contribution in [2.24, 2.45) is 11.8 Å². The van der Waals surface area contributed by atoms with Gasteiger partial charge in [-0.15, -0.1) is 0 Å². The van der Waals surface area contributed by atoms with Gasteiger partial charge in [0.25, 0.3) is 0 Å². The van der Waals surface area contributed by atoms with Crippen molar-refractivity contribution in [1.29, 1.82) is 0 Å². The van der Waals surface area contributed by atoms with E-state index >= 15 is 0 Å². The van der Waals surface area contributed by atoms with E-state index in [2.05, 4.69) is 10.00 Å². The first kappa shape index (κ1) is 27.2. The summed E-state index contributed by atoms with van der Waals surface area (Å²) in [5.41, 5.74) is 4.55. The maximum Gasteiger partial charge on any atom is 0.306 e. The van der Waals surface area contributed by atoms with Gasteiger partial charge in [-0.1, -0.05) is 30.9 Å². The first-order valence-electron chi connectivity index (χ1n) is 14.9. The van der Waals surface area contributed by atoms with Gasteiger partial charge in [-0.25, -0.2) is 4.68 Å². The molecule has 0 bridgehead atoms. The third-order valence-corrected chi connectivity index (χ3v) is 9.17. The Morgan fingerprint density at radius 1 is 1.00 bits per heavy atom. The van der Waals surface area contributed by atoms with Gasteiger partial charge in [0.05, 0.1) is 29.6 Å². The van der Waals surface area contributed by atoms with E-state index in [9.17, 15) is 9.59 Å². The number of aryl methyl sites for hydroxylation is 1. The van der Waals surface area contributed by atoms with E-state index in [1.807, 2.05) is 31.2 Å². The normalized spacial score (nSPS) is 22.9. The smallest absolute Gasteiger partial charge is 0.306 e. The highest BCUT2D eigenvalue weighted by Crippen LogP contribution is 2.41. The largest absolute Gasteiger partial charge is 0.466 e. The van der Waals surface area contributed by atoms with E-state index in [1.54, 1.807) is 0 Å². The Morgan fingerprint density at radius 2 is 1.71 bits per heavy atom. The molecule has 2 saturated carbocycles. The molecule has 1 heterocycles. The summed E-state index contributed by atoms with van der Waals surface area (Å²) in [5, 5.41) is 9.28. The number of fused-ring (bicyclic) bond motifs is 1. The van der Waals surface area contributed by atoms with E-state index < -0.39 is 0 Å². The van der Waals surface area contributed by atoms with Gasteiger partial charge >= 0.3 is 5.97 Å². The number of halogens is 1. The summed E-state index contributed by atoms with van der Waals surface area (Å²) in [5.74, 6) is 0.553. The lowest BCUT2D eigenvalue weighted by atomic mass is 9.75. The summed E-state index contributed by atoms with van der Waals surface area (Å²) in [7, 11) is 0. The van der Waals surface area contributed by atoms with Crippen LogP contribution in [0.4, 0.5) is 0 Å². The van der Waals surface area contributed by atoms with Crippen molar-refractivity contribution < 1.29 is 14.3 Å². The highest BCUT2D eigenvalue weighted by molar-refractivity contribution is 6.30. The Bertz CT molecular complexity index is 1100. The van der Waals surface area contributed by atoms with Crippen molar-refractivity contribution in [2.45, 2.75) is 109 Å². The number of esters is 1. The van der Waals surface area contributed by atoms with Crippen molar-refractivity contribution in [3.8, 4) is 5.69 Å². The molecule has 1 amide bonds. The van der Waals surface area contributed by atoms with Gasteiger partial charge in [0, 0.05) is 17.5 Å². The van der Waals surface area contributed by atoms with Crippen molar-refractivity contribution in [1.82, 2.24) is 15.1 Å². The molecule has 5 rings (SSSR count). The minimum atomic E-state index is -0.197. The standard InChI is InChI=1S/C31H42ClN3O3/c1-2-38-28(36)20-21-12-16-24(17-13-21)33-31(37)29(22-8-4-3-5-9-22)30-26-10-6-7-11-27(26)34-35(30)25-18-14-23(32)15-19-25/h14-15,18-19,21-22,24,29H,2-13,16-17,20H2,1H3,(H,33,37)/t21-,24-,29?. The van der Waals surface area contributed by atoms with Crippen molar-refractivity contribution in [2.75, 3.05) is 6.61 Å². The lowest BCUT2D eigenvalue weighted by molar-refractivity contribution is -0.144. The van der Waals surface area contributed by atoms with Crippen LogP contribution in [0.5, 0.6) is 0 Å². The third-order valence-electron chi connectivity index (χ3n) is 8.92. The molecule has 6 nitrogen and oxygen atoms in total. The number of nitrogens with zero attached hydrogens (tertiary/aromatic N) is 2. The highest BCUT2D eigenvalue weighted by Gasteiger charge is 2.38. The predicted octanol–water partition coefficient (Wildman–Crippen LogP) is 6.70. The van der Waals surface area contributed by atoms with E-state index in [4.69, 9.17) is 21.4 Å². The van der Waals surface area contributed by atoms with Crippen LogP contribution in [0.1, 0.15) is 107 Å². The third kappa shape index (κ3) is 6.27. The zero-order valence-corrected chi connectivity index (χ0v) is 23.5. The Kier molecular flexibility index (Phi) is 9.08. The summed E-state index contributed by atoms with van der Waals surface area (Å²) in [6.45, 7) is 2.28. The second-order valence-corrected chi connectivity index (χ2v) is 12.0. The second-order valence-electron chi connectivity index (χ2n) is 11.5. The van der Waals surface area contributed by atoms with Crippen LogP contribution in [0.3, 0.4) is 0 Å². The van der Waals surface area contributed by atoms with E-state index in [0.717, 1.165) is 81.3 Å². The lowest BCUT2D eigenvalue weighted by Crippen LogP contribution is -2.43. The molecule has 206 valence electrons. The van der Waals surface area contributed by atoms with Crippen molar-refractivity contribution in [3.63, 3.8) is 0 Å². The fourth-order valence-corrected chi connectivity index (χ4v) is 7.09. The van der Waals surface area contributed by atoms with Crippen LogP contribution in [-0.4, -0.2) is 34.3 Å². The van der Waals surface area contributed by atoms with Crippen LogP contribution < -0.4 is 5.32 Å². The molecule has 38 heavy (non-hydrogen) atoms. The van der Waals surface area contributed by atoms with Crippen LogP contribution in [0.15, 0.2) is 24.3 Å². The average Bonchev–Trinajstić information content (AvgIpc) is 3.30. The van der Waals surface area contributed by atoms with Crippen LogP contribution >= 0.6 is 11.6 Å². The van der Waals surface area contributed by atoms with E-state index in [-0.39, 0.29) is 23.8 Å². The zero-order chi connectivity index (χ0) is 26.5. The number of amides is 1. The molecule has 1 aromatic heterocycles. The SMILES string of the molecule is CCOC(=O)C[C@H]1CC[C@H](NC(=O)C(c2c3c(nn2-c2ccc(Cl)cc2)CCCC3)C2CCCCC2)CC1. The molecule has 2 fully saturated rings. The quantitative estimate of drug-likeness (QED) is 0.379. The molecule has 0 radical (unpaired) electrons. The fourth-order valence-electron chi connectivity index (χ4n) is 6.96. The summed E-state index contributed by atoms with van der Waals surface area (Å²) < 4.78 is 7.22. The first-order valence-corrected chi connectivity index (χ1v) is 15.2. The minimum Gasteiger partial charge on any atom is -0.466 e. The van der Waals surface area contributed by atoms with E-state index in [1.165, 1.54) is 24.8 Å². The molecule has 3 aliphatic rings. The molecular formula is C31H42ClN3O3. The average molecular weight is 540 g/mol. The topological polar surface area (TPSA) is 73.2 Å². The second kappa shape index (κ2) is 12.7. The molecule has 0 spiro atoms. The molecule has 2 aromatic rings. The Balaban J connectivity index is 1.40. The van der Waals surface area contributed by atoms with Gasteiger partial charge in [0.15, 0.2) is 0 Å². The summed E-state index contributed by atoms with van der Waals surface area (Å²) >= 11 is 6.22. The monoisotopic (exact) mass is 539 g/mol. The van der Waals surface area contributed by atoms with Crippen LogP contribution in [-0.2, 0) is 27.2 Å². The number of nitrogens with one attached hydrogen (secondary N) is 1. The van der Waals surface area contributed by atoms with Crippen LogP contribution in [0, 0.1) is 11.8 Å². The van der Waals surface area contributed by atoms with Crippen LogP contribution in [0.2, 0.25) is 5.02 Å². The van der Waals surface area contributed by atoms with Crippen LogP contribution in [0.25, 0.3) is 5.69 Å². The van der Waals surface area contributed by atoms with Gasteiger partial charge in [-0.2, -0.15) is 5.10 Å². The summed E-state index contributed by atoms with van der Waals surface area (Å²) in [6, 6.07) is 8.02. The van der Waals surface area contributed by atoms with Gasteiger partial charge < -0.3 is 10.1 Å². The number of hydrogen-bond donors (Lipinski definition) is 1. The first-order chi connectivity index (χ1) is 18.5. The Hall–Kier alpha value is -2.34. The number of ether oxygens (including phenoxy) is 1. The summed E-state index contributed by atoms with van der Waals surface area (Å²) in [4.78, 5) is 26.2. The lowest BCUT2D eigenvalue weighted by Gasteiger charge is -2.34. The molecule has 1 aromatic carbocycles. The molecule has 0 aliphatic heterocycles. The highest BCUT2D eigenvalue weighted by atomic mass is 35.5. The number of rotatable bonds is 8. The molecule has 1 unspecified atom stereocenters. The fraction of sp³-hybridized carbons (Fsp3) is 0.645. The van der Waals surface area contributed by atoms with Gasteiger partial charge in [0.1, 0.15) is 0 Å². The number of aromatic nitrogens is 2. The number of benzene rings is 1. The zero-order valence-electron chi connectivity index (χ0n) is 22.7. The maximum atomic E-state index is 14.2. The minimum absolute atomic E-state index is 0.0995. The van der Waals surface area contributed by atoms with Gasteiger partial charge in [-0.3, -0.25) is 9.59 Å². The Morgan fingerprint density at radius 3 is 2.42 bits per heavy atom.